The molecule has 0 amide bonds. The summed E-state index contributed by atoms with van der Waals surface area (Å²) in [5, 5.41) is 1.10. The van der Waals surface area contributed by atoms with Gasteiger partial charge in [-0.25, -0.2) is 19.8 Å². The second-order valence-corrected chi connectivity index (χ2v) is 12.4. The van der Waals surface area contributed by atoms with Crippen molar-refractivity contribution >= 4 is 56.8 Å². The first kappa shape index (κ1) is 29.8. The molecule has 3 aromatic heterocycles. The first-order valence-electron chi connectivity index (χ1n) is 13.6. The largest absolute Gasteiger partial charge is 0.497 e. The number of fused-ring (bicyclic) bond motifs is 1. The van der Waals surface area contributed by atoms with Gasteiger partial charge >= 0.3 is 5.97 Å². The molecule has 0 saturated carbocycles. The van der Waals surface area contributed by atoms with Crippen LogP contribution in [0, 0.1) is 6.92 Å². The first-order valence-corrected chi connectivity index (χ1v) is 16.0. The number of thiazole rings is 1. The van der Waals surface area contributed by atoms with Crippen molar-refractivity contribution in [2.75, 3.05) is 13.7 Å². The lowest BCUT2D eigenvalue weighted by atomic mass is 9.93. The van der Waals surface area contributed by atoms with Gasteiger partial charge in [0.25, 0.3) is 5.56 Å². The first-order chi connectivity index (χ1) is 21.4. The molecule has 0 spiro atoms. The van der Waals surface area contributed by atoms with Crippen molar-refractivity contribution in [2.45, 2.75) is 30.1 Å². The Kier molecular flexibility index (Phi) is 8.65. The van der Waals surface area contributed by atoms with Gasteiger partial charge in [0.2, 0.25) is 0 Å². The van der Waals surface area contributed by atoms with E-state index < -0.39 is 12.0 Å². The zero-order chi connectivity index (χ0) is 30.8. The quantitative estimate of drug-likeness (QED) is 0.154. The van der Waals surface area contributed by atoms with E-state index in [1.165, 1.54) is 23.1 Å². The summed E-state index contributed by atoms with van der Waals surface area (Å²) in [7, 11) is 1.58. The summed E-state index contributed by atoms with van der Waals surface area (Å²) in [6.45, 7) is 3.81. The molecule has 1 atom stereocenters. The van der Waals surface area contributed by atoms with Crippen molar-refractivity contribution in [1.82, 2.24) is 14.5 Å². The Bertz CT molecular complexity index is 2070. The number of rotatable bonds is 8. The van der Waals surface area contributed by atoms with Crippen LogP contribution in [0.3, 0.4) is 0 Å². The van der Waals surface area contributed by atoms with Crippen molar-refractivity contribution in [3.8, 4) is 5.75 Å². The molecule has 1 aliphatic heterocycles. The van der Waals surface area contributed by atoms with Gasteiger partial charge in [0.15, 0.2) is 15.1 Å². The average molecular weight is 690 g/mol. The number of halogens is 1. The molecular weight excluding hydrogens is 664 g/mol. The highest BCUT2D eigenvalue weighted by molar-refractivity contribution is 9.10. The molecule has 6 rings (SSSR count). The fourth-order valence-corrected chi connectivity index (χ4v) is 7.03. The fraction of sp³-hybridized carbons (Fsp3) is 0.156. The molecule has 5 aromatic rings. The summed E-state index contributed by atoms with van der Waals surface area (Å²) in [4.78, 5) is 41.8. The normalized spacial score (nSPS) is 14.7. The van der Waals surface area contributed by atoms with E-state index in [0.29, 0.717) is 46.8 Å². The van der Waals surface area contributed by atoms with Crippen molar-refractivity contribution < 1.29 is 18.7 Å². The highest BCUT2D eigenvalue weighted by Crippen LogP contribution is 2.36. The van der Waals surface area contributed by atoms with E-state index in [-0.39, 0.29) is 17.7 Å². The van der Waals surface area contributed by atoms with E-state index in [1.807, 2.05) is 55.5 Å². The lowest BCUT2D eigenvalue weighted by Crippen LogP contribution is -2.40. The van der Waals surface area contributed by atoms with Crippen LogP contribution in [0.15, 0.2) is 107 Å². The molecule has 0 bridgehead atoms. The molecule has 1 aliphatic rings. The maximum Gasteiger partial charge on any atom is 0.338 e. The lowest BCUT2D eigenvalue weighted by molar-refractivity contribution is -0.138. The van der Waals surface area contributed by atoms with Crippen molar-refractivity contribution in [3.63, 3.8) is 0 Å². The predicted octanol–water partition coefficient (Wildman–Crippen LogP) is 5.55. The second-order valence-electron chi connectivity index (χ2n) is 9.57. The van der Waals surface area contributed by atoms with Crippen LogP contribution in [-0.4, -0.2) is 34.2 Å². The molecule has 222 valence electrons. The SMILES string of the molecule is CCOC(=O)C1=C(c2ccccc2)N=c2s/c(=C/c3cc(Br)c(Sc4nccc(C)n4)o3)c(=O)n2[C@H]1c1ccc(OC)cc1. The number of hydrogen-bond acceptors (Lipinski definition) is 10. The number of hydrogen-bond donors (Lipinski definition) is 0. The monoisotopic (exact) mass is 688 g/mol. The van der Waals surface area contributed by atoms with Crippen LogP contribution >= 0.6 is 39.0 Å². The zero-order valence-corrected chi connectivity index (χ0v) is 27.0. The van der Waals surface area contributed by atoms with Gasteiger partial charge in [0, 0.05) is 23.5 Å². The maximum absolute atomic E-state index is 14.1. The van der Waals surface area contributed by atoms with Crippen LogP contribution in [0.2, 0.25) is 0 Å². The molecule has 9 nitrogen and oxygen atoms in total. The minimum absolute atomic E-state index is 0.172. The Morgan fingerprint density at radius 2 is 1.93 bits per heavy atom. The van der Waals surface area contributed by atoms with E-state index in [0.717, 1.165) is 11.3 Å². The standard InChI is InChI=1S/C32H25BrN4O5S2/c1-4-41-29(39)25-26(19-8-6-5-7-9-19)36-32-37(27(25)20-10-12-21(40-3)13-11-20)28(38)24(43-32)17-22-16-23(33)30(42-22)44-31-34-15-14-18(2)35-31/h5-17,27H,4H2,1-3H3/b24-17+/t27-/m0/s1. The van der Waals surface area contributed by atoms with Gasteiger partial charge in [-0.05, 0) is 71.4 Å². The highest BCUT2D eigenvalue weighted by Gasteiger charge is 2.35. The van der Waals surface area contributed by atoms with Gasteiger partial charge < -0.3 is 13.9 Å². The predicted molar refractivity (Wildman–Crippen MR) is 171 cm³/mol. The van der Waals surface area contributed by atoms with Crippen LogP contribution in [0.5, 0.6) is 5.75 Å². The van der Waals surface area contributed by atoms with Crippen LogP contribution < -0.4 is 19.6 Å². The Hall–Kier alpha value is -4.26. The summed E-state index contributed by atoms with van der Waals surface area (Å²) < 4.78 is 19.6. The van der Waals surface area contributed by atoms with Gasteiger partial charge in [-0.3, -0.25) is 9.36 Å². The average Bonchev–Trinajstić information content (AvgIpc) is 3.53. The minimum atomic E-state index is -0.790. The number of carbonyl (C=O) groups is 1. The number of esters is 1. The molecule has 2 aromatic carbocycles. The van der Waals surface area contributed by atoms with Crippen LogP contribution in [0.4, 0.5) is 0 Å². The Morgan fingerprint density at radius 3 is 2.64 bits per heavy atom. The van der Waals surface area contributed by atoms with Crippen LogP contribution in [0.25, 0.3) is 11.8 Å². The molecule has 44 heavy (non-hydrogen) atoms. The molecular formula is C32H25BrN4O5S2. The van der Waals surface area contributed by atoms with Crippen molar-refractivity contribution in [2.24, 2.45) is 4.99 Å². The number of furan rings is 1. The smallest absolute Gasteiger partial charge is 0.338 e. The number of aromatic nitrogens is 3. The number of methoxy groups -OCH3 is 1. The van der Waals surface area contributed by atoms with Crippen LogP contribution in [0.1, 0.15) is 35.5 Å². The van der Waals surface area contributed by atoms with Crippen molar-refractivity contribution in [3.05, 3.63) is 125 Å². The third-order valence-electron chi connectivity index (χ3n) is 6.71. The fourth-order valence-electron chi connectivity index (χ4n) is 4.74. The van der Waals surface area contributed by atoms with E-state index >= 15 is 0 Å². The zero-order valence-electron chi connectivity index (χ0n) is 23.8. The molecule has 0 N–H and O–H groups in total. The summed E-state index contributed by atoms with van der Waals surface area (Å²) in [5.41, 5.74) is 2.71. The van der Waals surface area contributed by atoms with Gasteiger partial charge in [-0.1, -0.05) is 53.8 Å². The summed E-state index contributed by atoms with van der Waals surface area (Å²) in [6, 6.07) is 19.5. The van der Waals surface area contributed by atoms with E-state index in [1.54, 1.807) is 49.1 Å². The lowest BCUT2D eigenvalue weighted by Gasteiger charge is -2.26. The number of aryl methyl sites for hydroxylation is 1. The van der Waals surface area contributed by atoms with Gasteiger partial charge in [-0.15, -0.1) is 0 Å². The summed E-state index contributed by atoms with van der Waals surface area (Å²) >= 11 is 6.04. The molecule has 4 heterocycles. The topological polar surface area (TPSA) is 109 Å². The number of benzene rings is 2. The van der Waals surface area contributed by atoms with Crippen molar-refractivity contribution in [1.29, 1.82) is 0 Å². The summed E-state index contributed by atoms with van der Waals surface area (Å²) in [5.74, 6) is 0.575. The van der Waals surface area contributed by atoms with Gasteiger partial charge in [-0.2, -0.15) is 0 Å². The minimum Gasteiger partial charge on any atom is -0.497 e. The van der Waals surface area contributed by atoms with E-state index in [2.05, 4.69) is 25.9 Å². The van der Waals surface area contributed by atoms with Gasteiger partial charge in [0.1, 0.15) is 11.5 Å². The molecule has 0 radical (unpaired) electrons. The highest BCUT2D eigenvalue weighted by atomic mass is 79.9. The molecule has 0 aliphatic carbocycles. The Labute approximate surface area is 268 Å². The number of ether oxygens (including phenoxy) is 2. The molecule has 0 unspecified atom stereocenters. The third kappa shape index (κ3) is 5.92. The van der Waals surface area contributed by atoms with E-state index in [9.17, 15) is 9.59 Å². The second kappa shape index (κ2) is 12.8. The third-order valence-corrected chi connectivity index (χ3v) is 9.41. The van der Waals surface area contributed by atoms with Gasteiger partial charge in [0.05, 0.1) is 40.0 Å². The Morgan fingerprint density at radius 1 is 1.16 bits per heavy atom. The van der Waals surface area contributed by atoms with E-state index in [4.69, 9.17) is 18.9 Å². The summed E-state index contributed by atoms with van der Waals surface area (Å²) in [6.07, 6.45) is 3.37. The van der Waals surface area contributed by atoms with Crippen LogP contribution in [-0.2, 0) is 9.53 Å². The maximum atomic E-state index is 14.1. The molecule has 0 fully saturated rings. The molecule has 12 heteroatoms. The molecule has 0 saturated heterocycles. The Balaban J connectivity index is 1.52. The number of nitrogens with zero attached hydrogens (tertiary/aromatic N) is 4. The number of carbonyl (C=O) groups excluding carboxylic acids is 1.